The standard InChI is InChI=1S/C15H15Cl2N.ClH/c1-11-5-7-12(8-6-11)9-18-10-13-14(16)3-2-4-15(13)17;/h2-8,18H,9-10H2,1H3;1H. The fourth-order valence-electron chi connectivity index (χ4n) is 1.74. The first kappa shape index (κ1) is 16.3. The molecule has 0 spiro atoms. The molecular formula is C15H16Cl3N. The Morgan fingerprint density at radius 2 is 1.47 bits per heavy atom. The second kappa shape index (κ2) is 7.76. The zero-order chi connectivity index (χ0) is 13.0. The Morgan fingerprint density at radius 1 is 0.895 bits per heavy atom. The lowest BCUT2D eigenvalue weighted by molar-refractivity contribution is 0.693. The van der Waals surface area contributed by atoms with Gasteiger partial charge in [0.15, 0.2) is 0 Å². The average molecular weight is 317 g/mol. The number of aryl methyl sites for hydroxylation is 1. The van der Waals surface area contributed by atoms with E-state index in [4.69, 9.17) is 23.2 Å². The van der Waals surface area contributed by atoms with E-state index in [0.29, 0.717) is 16.6 Å². The molecule has 0 aliphatic rings. The fourth-order valence-corrected chi connectivity index (χ4v) is 2.27. The van der Waals surface area contributed by atoms with Crippen molar-refractivity contribution in [1.82, 2.24) is 5.32 Å². The lowest BCUT2D eigenvalue weighted by Crippen LogP contribution is -2.13. The monoisotopic (exact) mass is 315 g/mol. The van der Waals surface area contributed by atoms with Crippen molar-refractivity contribution in [3.8, 4) is 0 Å². The SMILES string of the molecule is Cc1ccc(CNCc2c(Cl)cccc2Cl)cc1.Cl. The zero-order valence-corrected chi connectivity index (χ0v) is 12.9. The van der Waals surface area contributed by atoms with Crippen molar-refractivity contribution in [3.63, 3.8) is 0 Å². The van der Waals surface area contributed by atoms with E-state index in [1.807, 2.05) is 18.2 Å². The first-order valence-corrected chi connectivity index (χ1v) is 6.61. The molecule has 0 atom stereocenters. The summed E-state index contributed by atoms with van der Waals surface area (Å²) in [4.78, 5) is 0. The minimum atomic E-state index is 0. The van der Waals surface area contributed by atoms with Crippen LogP contribution < -0.4 is 5.32 Å². The molecule has 2 aromatic rings. The van der Waals surface area contributed by atoms with Gasteiger partial charge in [-0.1, -0.05) is 59.1 Å². The minimum absolute atomic E-state index is 0. The lowest BCUT2D eigenvalue weighted by Gasteiger charge is -2.09. The number of benzene rings is 2. The third-order valence-electron chi connectivity index (χ3n) is 2.81. The van der Waals surface area contributed by atoms with Crippen molar-refractivity contribution in [2.24, 2.45) is 0 Å². The van der Waals surface area contributed by atoms with E-state index >= 15 is 0 Å². The van der Waals surface area contributed by atoms with Crippen LogP contribution in [0.1, 0.15) is 16.7 Å². The lowest BCUT2D eigenvalue weighted by atomic mass is 10.1. The number of hydrogen-bond acceptors (Lipinski definition) is 1. The Labute approximate surface area is 130 Å². The van der Waals surface area contributed by atoms with Gasteiger partial charge in [-0.25, -0.2) is 0 Å². The molecule has 0 aliphatic heterocycles. The third kappa shape index (κ3) is 4.70. The van der Waals surface area contributed by atoms with Gasteiger partial charge in [0.25, 0.3) is 0 Å². The summed E-state index contributed by atoms with van der Waals surface area (Å²) in [5.41, 5.74) is 3.48. The summed E-state index contributed by atoms with van der Waals surface area (Å²) in [6, 6.07) is 14.0. The highest BCUT2D eigenvalue weighted by Gasteiger charge is 2.04. The molecule has 1 nitrogen and oxygen atoms in total. The fraction of sp³-hybridized carbons (Fsp3) is 0.200. The first-order chi connectivity index (χ1) is 8.66. The van der Waals surface area contributed by atoms with E-state index in [9.17, 15) is 0 Å². The Hall–Kier alpha value is -0.730. The molecule has 4 heteroatoms. The molecule has 0 aromatic heterocycles. The maximum atomic E-state index is 6.11. The summed E-state index contributed by atoms with van der Waals surface area (Å²) in [5.74, 6) is 0. The average Bonchev–Trinajstić information content (AvgIpc) is 2.35. The van der Waals surface area contributed by atoms with Gasteiger partial charge in [-0.3, -0.25) is 0 Å². The predicted octanol–water partition coefficient (Wildman–Crippen LogP) is 5.01. The van der Waals surface area contributed by atoms with Crippen LogP contribution >= 0.6 is 35.6 Å². The molecule has 0 saturated heterocycles. The summed E-state index contributed by atoms with van der Waals surface area (Å²) in [6.45, 7) is 3.56. The topological polar surface area (TPSA) is 12.0 Å². The molecular weight excluding hydrogens is 301 g/mol. The molecule has 0 heterocycles. The molecule has 102 valence electrons. The highest BCUT2D eigenvalue weighted by Crippen LogP contribution is 2.23. The van der Waals surface area contributed by atoms with Crippen LogP contribution in [0.15, 0.2) is 42.5 Å². The largest absolute Gasteiger partial charge is 0.309 e. The van der Waals surface area contributed by atoms with E-state index in [-0.39, 0.29) is 12.4 Å². The molecule has 0 aliphatic carbocycles. The highest BCUT2D eigenvalue weighted by molar-refractivity contribution is 6.35. The quantitative estimate of drug-likeness (QED) is 0.835. The van der Waals surface area contributed by atoms with Crippen LogP contribution in [0.3, 0.4) is 0 Å². The first-order valence-electron chi connectivity index (χ1n) is 5.86. The van der Waals surface area contributed by atoms with E-state index < -0.39 is 0 Å². The van der Waals surface area contributed by atoms with Gasteiger partial charge in [0, 0.05) is 28.7 Å². The number of hydrogen-bond donors (Lipinski definition) is 1. The number of nitrogens with one attached hydrogen (secondary N) is 1. The van der Waals surface area contributed by atoms with Crippen LogP contribution in [0.5, 0.6) is 0 Å². The maximum Gasteiger partial charge on any atom is 0.0465 e. The Bertz CT molecular complexity index is 503. The molecule has 1 N–H and O–H groups in total. The third-order valence-corrected chi connectivity index (χ3v) is 3.52. The van der Waals surface area contributed by atoms with Crippen LogP contribution in [-0.4, -0.2) is 0 Å². The molecule has 0 bridgehead atoms. The van der Waals surface area contributed by atoms with Gasteiger partial charge in [-0.15, -0.1) is 12.4 Å². The molecule has 0 unspecified atom stereocenters. The van der Waals surface area contributed by atoms with Crippen LogP contribution in [0.4, 0.5) is 0 Å². The van der Waals surface area contributed by atoms with Crippen molar-refractivity contribution in [2.75, 3.05) is 0 Å². The predicted molar refractivity (Wildman–Crippen MR) is 85.4 cm³/mol. The molecule has 0 amide bonds. The molecule has 0 radical (unpaired) electrons. The molecule has 0 saturated carbocycles. The highest BCUT2D eigenvalue weighted by atomic mass is 35.5. The van der Waals surface area contributed by atoms with Crippen molar-refractivity contribution < 1.29 is 0 Å². The summed E-state index contributed by atoms with van der Waals surface area (Å²) < 4.78 is 0. The Morgan fingerprint density at radius 3 is 2.05 bits per heavy atom. The van der Waals surface area contributed by atoms with Crippen molar-refractivity contribution in [3.05, 3.63) is 69.2 Å². The van der Waals surface area contributed by atoms with E-state index in [0.717, 1.165) is 12.1 Å². The minimum Gasteiger partial charge on any atom is -0.309 e. The summed E-state index contributed by atoms with van der Waals surface area (Å²) in [5, 5.41) is 4.76. The molecule has 0 fully saturated rings. The van der Waals surface area contributed by atoms with Gasteiger partial charge < -0.3 is 5.32 Å². The molecule has 2 aromatic carbocycles. The maximum absolute atomic E-state index is 6.11. The van der Waals surface area contributed by atoms with Crippen molar-refractivity contribution >= 4 is 35.6 Å². The summed E-state index contributed by atoms with van der Waals surface area (Å²) in [7, 11) is 0. The Kier molecular flexibility index (Phi) is 6.67. The van der Waals surface area contributed by atoms with E-state index in [2.05, 4.69) is 36.5 Å². The second-order valence-corrected chi connectivity index (χ2v) is 5.10. The van der Waals surface area contributed by atoms with Gasteiger partial charge >= 0.3 is 0 Å². The van der Waals surface area contributed by atoms with E-state index in [1.165, 1.54) is 11.1 Å². The van der Waals surface area contributed by atoms with Gasteiger partial charge in [0.1, 0.15) is 0 Å². The molecule has 19 heavy (non-hydrogen) atoms. The smallest absolute Gasteiger partial charge is 0.0465 e. The number of halogens is 3. The second-order valence-electron chi connectivity index (χ2n) is 4.29. The van der Waals surface area contributed by atoms with Gasteiger partial charge in [0.05, 0.1) is 0 Å². The van der Waals surface area contributed by atoms with Gasteiger partial charge in [-0.05, 0) is 24.6 Å². The summed E-state index contributed by atoms with van der Waals surface area (Å²) in [6.07, 6.45) is 0. The van der Waals surface area contributed by atoms with E-state index in [1.54, 1.807) is 0 Å². The van der Waals surface area contributed by atoms with Crippen LogP contribution in [-0.2, 0) is 13.1 Å². The normalized spacial score (nSPS) is 10.1. The van der Waals surface area contributed by atoms with Crippen molar-refractivity contribution in [2.45, 2.75) is 20.0 Å². The summed E-state index contributed by atoms with van der Waals surface area (Å²) >= 11 is 12.2. The van der Waals surface area contributed by atoms with Crippen molar-refractivity contribution in [1.29, 1.82) is 0 Å². The number of rotatable bonds is 4. The Balaban J connectivity index is 0.00000180. The van der Waals surface area contributed by atoms with Gasteiger partial charge in [-0.2, -0.15) is 0 Å². The van der Waals surface area contributed by atoms with Crippen LogP contribution in [0.2, 0.25) is 10.0 Å². The van der Waals surface area contributed by atoms with Crippen LogP contribution in [0.25, 0.3) is 0 Å². The molecule has 2 rings (SSSR count). The zero-order valence-electron chi connectivity index (χ0n) is 10.6. The van der Waals surface area contributed by atoms with Gasteiger partial charge in [0.2, 0.25) is 0 Å². The van der Waals surface area contributed by atoms with Crippen LogP contribution in [0, 0.1) is 6.92 Å².